The van der Waals surface area contributed by atoms with Gasteiger partial charge >= 0.3 is 24.6 Å². The fraction of sp³-hybridized carbons (Fsp3) is 0.731. The van der Waals surface area contributed by atoms with Gasteiger partial charge in [-0.15, -0.1) is 0 Å². The molecule has 1 amide bonds. The van der Waals surface area contributed by atoms with E-state index >= 15 is 0 Å². The highest BCUT2D eigenvalue weighted by Gasteiger charge is 2.60. The minimum absolute atomic E-state index is 0.0919. The molecule has 226 valence electrons. The van der Waals surface area contributed by atoms with Gasteiger partial charge in [-0.2, -0.15) is 39.5 Å². The van der Waals surface area contributed by atoms with Crippen molar-refractivity contribution < 1.29 is 49.0 Å². The molecule has 0 saturated carbocycles. The highest BCUT2D eigenvalue weighted by molar-refractivity contribution is 5.68. The average Bonchev–Trinajstić information content (AvgIpc) is 3.23. The summed E-state index contributed by atoms with van der Waals surface area (Å²) < 4.78 is 121. The summed E-state index contributed by atoms with van der Waals surface area (Å²) >= 11 is 0. The van der Waals surface area contributed by atoms with E-state index in [0.717, 1.165) is 55.3 Å². The van der Waals surface area contributed by atoms with Crippen LogP contribution < -0.4 is 0 Å². The predicted molar refractivity (Wildman–Crippen MR) is 126 cm³/mol. The second kappa shape index (κ2) is 11.6. The molecule has 5 nitrogen and oxygen atoms in total. The molecule has 0 unspecified atom stereocenters. The first-order valence-corrected chi connectivity index (χ1v) is 13.3. The molecule has 14 heteroatoms. The molecule has 0 bridgehead atoms. The fourth-order valence-electron chi connectivity index (χ4n) is 6.08. The van der Waals surface area contributed by atoms with Gasteiger partial charge in [0.05, 0.1) is 5.56 Å². The summed E-state index contributed by atoms with van der Waals surface area (Å²) in [7, 11) is 0. The molecular formula is C26H32F9N3O2. The summed E-state index contributed by atoms with van der Waals surface area (Å²) in [6.45, 7) is 2.81. The van der Waals surface area contributed by atoms with E-state index in [1.807, 2.05) is 0 Å². The largest absolute Gasteiger partial charge is 0.434 e. The van der Waals surface area contributed by atoms with Gasteiger partial charge in [0.25, 0.3) is 6.10 Å². The molecule has 1 aromatic rings. The van der Waals surface area contributed by atoms with Gasteiger partial charge in [0, 0.05) is 31.7 Å². The number of alkyl halides is 9. The monoisotopic (exact) mass is 589 g/mol. The lowest BCUT2D eigenvalue weighted by Gasteiger charge is -2.45. The minimum atomic E-state index is -5.79. The zero-order valence-electron chi connectivity index (χ0n) is 21.8. The number of carbonyl (C=O) groups is 1. The molecule has 0 N–H and O–H groups in total. The summed E-state index contributed by atoms with van der Waals surface area (Å²) in [5, 5.41) is 0. The number of halogens is 9. The van der Waals surface area contributed by atoms with E-state index in [2.05, 4.69) is 14.5 Å². The van der Waals surface area contributed by atoms with Crippen molar-refractivity contribution in [3.05, 3.63) is 34.9 Å². The number of hydrogen-bond acceptors (Lipinski definition) is 4. The normalized spacial score (nSPS) is 21.4. The van der Waals surface area contributed by atoms with Crippen molar-refractivity contribution in [3.8, 4) is 0 Å². The molecule has 0 atom stereocenters. The van der Waals surface area contributed by atoms with Crippen LogP contribution in [0.5, 0.6) is 0 Å². The summed E-state index contributed by atoms with van der Waals surface area (Å²) in [6, 6.07) is 3.76. The minimum Gasteiger partial charge on any atom is -0.426 e. The van der Waals surface area contributed by atoms with Gasteiger partial charge in [-0.25, -0.2) is 4.79 Å². The van der Waals surface area contributed by atoms with Gasteiger partial charge in [-0.1, -0.05) is 12.5 Å². The maximum absolute atomic E-state index is 13.5. The number of amides is 1. The number of hydrogen-bond donors (Lipinski definition) is 0. The van der Waals surface area contributed by atoms with Crippen LogP contribution in [0.25, 0.3) is 0 Å². The van der Waals surface area contributed by atoms with Gasteiger partial charge in [-0.05, 0) is 81.4 Å². The lowest BCUT2D eigenvalue weighted by molar-refractivity contribution is -0.308. The highest BCUT2D eigenvalue weighted by Crippen LogP contribution is 2.41. The van der Waals surface area contributed by atoms with Crippen LogP contribution in [0.3, 0.4) is 0 Å². The Bertz CT molecular complexity index is 1010. The third-order valence-electron chi connectivity index (χ3n) is 8.24. The van der Waals surface area contributed by atoms with Crippen molar-refractivity contribution in [2.45, 2.75) is 88.2 Å². The molecule has 3 fully saturated rings. The van der Waals surface area contributed by atoms with Crippen LogP contribution in [0, 0.1) is 0 Å². The number of rotatable bonds is 5. The van der Waals surface area contributed by atoms with E-state index in [0.29, 0.717) is 44.5 Å². The summed E-state index contributed by atoms with van der Waals surface area (Å²) in [4.78, 5) is 17.3. The zero-order chi connectivity index (χ0) is 29.3. The van der Waals surface area contributed by atoms with Crippen molar-refractivity contribution in [1.82, 2.24) is 14.7 Å². The quantitative estimate of drug-likeness (QED) is 0.356. The van der Waals surface area contributed by atoms with Gasteiger partial charge in [0.15, 0.2) is 0 Å². The van der Waals surface area contributed by atoms with Crippen LogP contribution >= 0.6 is 0 Å². The number of piperidine rings is 2. The van der Waals surface area contributed by atoms with Crippen LogP contribution in [-0.2, 0) is 24.0 Å². The number of likely N-dealkylation sites (tertiary alicyclic amines) is 3. The van der Waals surface area contributed by atoms with E-state index in [-0.39, 0.29) is 13.1 Å². The maximum Gasteiger partial charge on any atom is 0.434 e. The topological polar surface area (TPSA) is 36.0 Å². The molecule has 1 spiro atoms. The van der Waals surface area contributed by atoms with E-state index in [4.69, 9.17) is 0 Å². The molecule has 1 aromatic carbocycles. The zero-order valence-corrected chi connectivity index (χ0v) is 21.8. The van der Waals surface area contributed by atoms with E-state index in [1.165, 1.54) is 12.1 Å². The standard InChI is InChI=1S/C26H32F9N3O2/c27-24(28,29)20-6-5-18(19(15-20)16-36-10-2-1-3-11-36)17-38-12-4-7-23(38)8-13-37(14-9-23)22(39)40-21(25(30,31)32)26(33,34)35/h5-6,15,21H,1-4,7-14,16-17H2. The smallest absolute Gasteiger partial charge is 0.426 e. The van der Waals surface area contributed by atoms with Crippen molar-refractivity contribution in [2.75, 3.05) is 32.7 Å². The predicted octanol–water partition coefficient (Wildman–Crippen LogP) is 6.75. The summed E-state index contributed by atoms with van der Waals surface area (Å²) in [5.74, 6) is 0. The van der Waals surface area contributed by atoms with Gasteiger partial charge in [-0.3, -0.25) is 9.80 Å². The van der Waals surface area contributed by atoms with Crippen molar-refractivity contribution in [2.24, 2.45) is 0 Å². The molecule has 0 aliphatic carbocycles. The number of benzene rings is 1. The molecule has 3 saturated heterocycles. The Kier molecular flexibility index (Phi) is 8.89. The van der Waals surface area contributed by atoms with E-state index in [1.54, 1.807) is 0 Å². The van der Waals surface area contributed by atoms with Crippen LogP contribution in [0.1, 0.15) is 61.6 Å². The summed E-state index contributed by atoms with van der Waals surface area (Å²) in [6.07, 6.45) is -16.8. The lowest BCUT2D eigenvalue weighted by Crippen LogP contribution is -2.54. The van der Waals surface area contributed by atoms with Crippen LogP contribution in [0.2, 0.25) is 0 Å². The molecule has 3 aliphatic heterocycles. The van der Waals surface area contributed by atoms with Crippen molar-refractivity contribution >= 4 is 6.09 Å². The molecule has 0 radical (unpaired) electrons. The van der Waals surface area contributed by atoms with Crippen LogP contribution in [0.15, 0.2) is 18.2 Å². The maximum atomic E-state index is 13.5. The SMILES string of the molecule is O=C(OC(C(F)(F)F)C(F)(F)F)N1CCC2(CCCN2Cc2ccc(C(F)(F)F)cc2CN2CCCCC2)CC1. The number of nitrogens with zero attached hydrogens (tertiary/aromatic N) is 3. The number of ether oxygens (including phenoxy) is 1. The van der Waals surface area contributed by atoms with E-state index < -0.39 is 41.8 Å². The lowest BCUT2D eigenvalue weighted by atomic mass is 9.84. The van der Waals surface area contributed by atoms with Crippen molar-refractivity contribution in [3.63, 3.8) is 0 Å². The molecule has 3 aliphatic rings. The molecule has 40 heavy (non-hydrogen) atoms. The Morgan fingerprint density at radius 2 is 1.40 bits per heavy atom. The first-order valence-electron chi connectivity index (χ1n) is 13.3. The molecule has 3 heterocycles. The van der Waals surface area contributed by atoms with Gasteiger partial charge in [0.1, 0.15) is 0 Å². The third-order valence-corrected chi connectivity index (χ3v) is 8.24. The van der Waals surface area contributed by atoms with Crippen LogP contribution in [0.4, 0.5) is 44.3 Å². The second-order valence-electron chi connectivity index (χ2n) is 10.9. The molecule has 4 rings (SSSR count). The molecule has 0 aromatic heterocycles. The first-order chi connectivity index (χ1) is 18.6. The Balaban J connectivity index is 1.45. The third kappa shape index (κ3) is 7.15. The Labute approximate surface area is 226 Å². The first kappa shape index (κ1) is 30.7. The fourth-order valence-corrected chi connectivity index (χ4v) is 6.08. The van der Waals surface area contributed by atoms with Crippen LogP contribution in [-0.4, -0.2) is 77.5 Å². The van der Waals surface area contributed by atoms with Gasteiger partial charge < -0.3 is 9.64 Å². The highest BCUT2D eigenvalue weighted by atomic mass is 19.4. The second-order valence-corrected chi connectivity index (χ2v) is 10.9. The Morgan fingerprint density at radius 3 is 1.98 bits per heavy atom. The molecular weight excluding hydrogens is 557 g/mol. The Morgan fingerprint density at radius 1 is 0.775 bits per heavy atom. The number of carbonyl (C=O) groups excluding carboxylic acids is 1. The average molecular weight is 590 g/mol. The van der Waals surface area contributed by atoms with Gasteiger partial charge in [0.2, 0.25) is 0 Å². The van der Waals surface area contributed by atoms with E-state index in [9.17, 15) is 44.3 Å². The van der Waals surface area contributed by atoms with Crippen molar-refractivity contribution in [1.29, 1.82) is 0 Å². The summed E-state index contributed by atoms with van der Waals surface area (Å²) in [5.41, 5.74) is 0.155. The Hall–Kier alpha value is -2.22.